The lowest BCUT2D eigenvalue weighted by Crippen LogP contribution is -2.48. The summed E-state index contributed by atoms with van der Waals surface area (Å²) in [5, 5.41) is 7.43. The maximum Gasteiger partial charge on any atom is 0.171 e. The second-order valence-corrected chi connectivity index (χ2v) is 7.86. The molecule has 0 aliphatic carbocycles. The Kier molecular flexibility index (Phi) is 4.64. The predicted octanol–water partition coefficient (Wildman–Crippen LogP) is 0.249. The molecule has 0 spiro atoms. The molecule has 0 saturated carbocycles. The van der Waals surface area contributed by atoms with Gasteiger partial charge in [-0.05, 0) is 6.07 Å². The summed E-state index contributed by atoms with van der Waals surface area (Å²) in [6, 6.07) is 1.79. The Balaban J connectivity index is 2.40. The molecular formula is C11H18N4O2S2. The third kappa shape index (κ3) is 3.01. The number of hydrogen-bond acceptors (Lipinski definition) is 7. The number of anilines is 1. The maximum atomic E-state index is 12.2. The molecule has 0 bridgehead atoms. The van der Waals surface area contributed by atoms with Gasteiger partial charge in [0.1, 0.15) is 5.37 Å². The van der Waals surface area contributed by atoms with E-state index in [4.69, 9.17) is 5.73 Å². The molecule has 1 atom stereocenters. The summed E-state index contributed by atoms with van der Waals surface area (Å²) in [5.74, 6) is 2.19. The quantitative estimate of drug-likeness (QED) is 0.852. The highest BCUT2D eigenvalue weighted by Crippen LogP contribution is 2.27. The van der Waals surface area contributed by atoms with Crippen molar-refractivity contribution in [3.63, 3.8) is 0 Å². The standard InChI is InChI=1S/C11H18N4O2S2/c1-2-19(16,17)10-8-18-6-5-15(10)11-9(7-12)3-4-13-14-11/h3-4,10H,2,5-8,12H2,1H3. The van der Waals surface area contributed by atoms with Gasteiger partial charge in [0, 0.05) is 35.9 Å². The largest absolute Gasteiger partial charge is 0.336 e. The molecule has 1 aromatic rings. The third-order valence-electron chi connectivity index (χ3n) is 3.18. The zero-order valence-electron chi connectivity index (χ0n) is 10.8. The van der Waals surface area contributed by atoms with E-state index in [9.17, 15) is 8.42 Å². The fraction of sp³-hybridized carbons (Fsp3) is 0.636. The van der Waals surface area contributed by atoms with Gasteiger partial charge in [0.2, 0.25) is 0 Å². The number of aromatic nitrogens is 2. The minimum atomic E-state index is -3.15. The third-order valence-corrected chi connectivity index (χ3v) is 6.46. The lowest BCUT2D eigenvalue weighted by molar-refractivity contribution is 0.578. The molecule has 1 fully saturated rings. The van der Waals surface area contributed by atoms with E-state index in [1.54, 1.807) is 30.9 Å². The summed E-state index contributed by atoms with van der Waals surface area (Å²) in [7, 11) is -3.15. The molecule has 2 N–H and O–H groups in total. The molecular weight excluding hydrogens is 284 g/mol. The highest BCUT2D eigenvalue weighted by molar-refractivity contribution is 8.01. The van der Waals surface area contributed by atoms with Crippen LogP contribution in [0.15, 0.2) is 12.3 Å². The molecule has 8 heteroatoms. The summed E-state index contributed by atoms with van der Waals surface area (Å²) < 4.78 is 24.4. The molecule has 1 aliphatic heterocycles. The van der Waals surface area contributed by atoms with Crippen molar-refractivity contribution in [1.29, 1.82) is 0 Å². The van der Waals surface area contributed by atoms with Crippen LogP contribution >= 0.6 is 11.8 Å². The second-order valence-electron chi connectivity index (χ2n) is 4.26. The van der Waals surface area contributed by atoms with Gasteiger partial charge in [0.25, 0.3) is 0 Å². The topological polar surface area (TPSA) is 89.2 Å². The molecule has 19 heavy (non-hydrogen) atoms. The van der Waals surface area contributed by atoms with E-state index in [0.29, 0.717) is 24.7 Å². The lowest BCUT2D eigenvalue weighted by atomic mass is 10.2. The van der Waals surface area contributed by atoms with Crippen LogP contribution in [0.4, 0.5) is 5.82 Å². The normalized spacial score (nSPS) is 20.5. The number of thioether (sulfide) groups is 1. The van der Waals surface area contributed by atoms with Crippen molar-refractivity contribution < 1.29 is 8.42 Å². The van der Waals surface area contributed by atoms with Crippen molar-refractivity contribution in [1.82, 2.24) is 10.2 Å². The summed E-state index contributed by atoms with van der Waals surface area (Å²) in [6.07, 6.45) is 1.58. The first-order valence-corrected chi connectivity index (χ1v) is 9.03. The van der Waals surface area contributed by atoms with Crippen LogP contribution in [0.2, 0.25) is 0 Å². The fourth-order valence-electron chi connectivity index (χ4n) is 2.06. The Hall–Kier alpha value is -0.860. The van der Waals surface area contributed by atoms with Crippen molar-refractivity contribution in [3.8, 4) is 0 Å². The van der Waals surface area contributed by atoms with Crippen molar-refractivity contribution in [2.75, 3.05) is 28.7 Å². The average molecular weight is 302 g/mol. The second kappa shape index (κ2) is 6.06. The van der Waals surface area contributed by atoms with Gasteiger partial charge in [0.15, 0.2) is 15.7 Å². The van der Waals surface area contributed by atoms with Crippen LogP contribution in [0.5, 0.6) is 0 Å². The first kappa shape index (κ1) is 14.5. The zero-order valence-corrected chi connectivity index (χ0v) is 12.5. The number of rotatable bonds is 4. The number of nitrogens with two attached hydrogens (primary N) is 1. The Bertz CT molecular complexity index is 535. The van der Waals surface area contributed by atoms with Crippen LogP contribution in [0.1, 0.15) is 12.5 Å². The molecule has 106 valence electrons. The Labute approximate surface area is 117 Å². The van der Waals surface area contributed by atoms with Crippen LogP contribution in [0, 0.1) is 0 Å². The van der Waals surface area contributed by atoms with E-state index in [0.717, 1.165) is 11.3 Å². The Morgan fingerprint density at radius 3 is 3.05 bits per heavy atom. The summed E-state index contributed by atoms with van der Waals surface area (Å²) in [6.45, 7) is 2.65. The summed E-state index contributed by atoms with van der Waals surface area (Å²) in [5.41, 5.74) is 6.53. The molecule has 1 aliphatic rings. The van der Waals surface area contributed by atoms with Crippen LogP contribution in [-0.4, -0.2) is 47.8 Å². The van der Waals surface area contributed by atoms with Gasteiger partial charge in [0.05, 0.1) is 6.20 Å². The van der Waals surface area contributed by atoms with E-state index >= 15 is 0 Å². The number of nitrogens with zero attached hydrogens (tertiary/aromatic N) is 3. The highest BCUT2D eigenvalue weighted by Gasteiger charge is 2.34. The molecule has 0 aromatic carbocycles. The fourth-order valence-corrected chi connectivity index (χ4v) is 5.03. The molecule has 2 rings (SSSR count). The molecule has 1 unspecified atom stereocenters. The van der Waals surface area contributed by atoms with Crippen molar-refractivity contribution >= 4 is 27.4 Å². The molecule has 0 amide bonds. The molecule has 6 nitrogen and oxygen atoms in total. The molecule has 0 radical (unpaired) electrons. The van der Waals surface area contributed by atoms with Gasteiger partial charge < -0.3 is 10.6 Å². The van der Waals surface area contributed by atoms with E-state index < -0.39 is 15.2 Å². The van der Waals surface area contributed by atoms with Gasteiger partial charge >= 0.3 is 0 Å². The first-order valence-electron chi connectivity index (χ1n) is 6.16. The molecule has 1 saturated heterocycles. The molecule has 2 heterocycles. The van der Waals surface area contributed by atoms with E-state index in [1.165, 1.54) is 0 Å². The van der Waals surface area contributed by atoms with Gasteiger partial charge in [-0.25, -0.2) is 8.42 Å². The molecule has 1 aromatic heterocycles. The Morgan fingerprint density at radius 1 is 1.58 bits per heavy atom. The predicted molar refractivity (Wildman–Crippen MR) is 77.8 cm³/mol. The van der Waals surface area contributed by atoms with E-state index in [2.05, 4.69) is 10.2 Å². The van der Waals surface area contributed by atoms with Crippen molar-refractivity contribution in [3.05, 3.63) is 17.8 Å². The lowest BCUT2D eigenvalue weighted by Gasteiger charge is -2.36. The smallest absolute Gasteiger partial charge is 0.171 e. The summed E-state index contributed by atoms with van der Waals surface area (Å²) >= 11 is 1.66. The van der Waals surface area contributed by atoms with Gasteiger partial charge in [-0.15, -0.1) is 5.10 Å². The van der Waals surface area contributed by atoms with Crippen LogP contribution in [-0.2, 0) is 16.4 Å². The van der Waals surface area contributed by atoms with E-state index in [-0.39, 0.29) is 5.75 Å². The van der Waals surface area contributed by atoms with Gasteiger partial charge in [-0.2, -0.15) is 16.9 Å². The van der Waals surface area contributed by atoms with Gasteiger partial charge in [-0.1, -0.05) is 6.92 Å². The Morgan fingerprint density at radius 2 is 2.37 bits per heavy atom. The van der Waals surface area contributed by atoms with Crippen LogP contribution in [0.3, 0.4) is 0 Å². The summed E-state index contributed by atoms with van der Waals surface area (Å²) in [4.78, 5) is 1.84. The van der Waals surface area contributed by atoms with E-state index in [1.807, 2.05) is 4.90 Å². The average Bonchev–Trinajstić information content (AvgIpc) is 2.47. The minimum Gasteiger partial charge on any atom is -0.336 e. The monoisotopic (exact) mass is 302 g/mol. The first-order chi connectivity index (χ1) is 9.10. The maximum absolute atomic E-state index is 12.2. The van der Waals surface area contributed by atoms with Crippen LogP contribution in [0.25, 0.3) is 0 Å². The highest BCUT2D eigenvalue weighted by atomic mass is 32.2. The SMILES string of the molecule is CCS(=O)(=O)C1CSCCN1c1nnccc1CN. The van der Waals surface area contributed by atoms with Crippen molar-refractivity contribution in [2.45, 2.75) is 18.8 Å². The zero-order chi connectivity index (χ0) is 13.9. The van der Waals surface area contributed by atoms with Crippen molar-refractivity contribution in [2.24, 2.45) is 5.73 Å². The minimum absolute atomic E-state index is 0.132. The number of sulfone groups is 1. The van der Waals surface area contributed by atoms with Gasteiger partial charge in [-0.3, -0.25) is 0 Å². The number of hydrogen-bond donors (Lipinski definition) is 1. The van der Waals surface area contributed by atoms with Crippen LogP contribution < -0.4 is 10.6 Å².